The van der Waals surface area contributed by atoms with E-state index >= 15 is 0 Å². The van der Waals surface area contributed by atoms with Crippen molar-refractivity contribution in [3.63, 3.8) is 0 Å². The molecule has 2 aromatic rings. The van der Waals surface area contributed by atoms with Crippen LogP contribution in [-0.4, -0.2) is 10.2 Å². The Kier molecular flexibility index (Phi) is 3.44. The first-order chi connectivity index (χ1) is 8.08. The lowest BCUT2D eigenvalue weighted by molar-refractivity contribution is 0.428. The summed E-state index contributed by atoms with van der Waals surface area (Å²) in [7, 11) is 0. The maximum absolute atomic E-state index is 13.7. The van der Waals surface area contributed by atoms with Crippen LogP contribution < -0.4 is 5.73 Å². The van der Waals surface area contributed by atoms with E-state index in [1.165, 1.54) is 6.07 Å². The molecule has 2 N–H and O–H groups in total. The fourth-order valence-corrected chi connectivity index (χ4v) is 2.35. The minimum Gasteiger partial charge on any atom is -0.416 e. The fourth-order valence-electron chi connectivity index (χ4n) is 1.40. The van der Waals surface area contributed by atoms with E-state index in [0.717, 1.165) is 17.3 Å². The molecule has 0 unspecified atom stereocenters. The predicted octanol–water partition coefficient (Wildman–Crippen LogP) is 2.69. The highest BCUT2D eigenvalue weighted by atomic mass is 32.2. The van der Waals surface area contributed by atoms with Crippen LogP contribution in [0.1, 0.15) is 24.4 Å². The number of aryl methyl sites for hydroxylation is 1. The molecule has 1 heterocycles. The molecule has 6 heteroatoms. The molecule has 90 valence electrons. The summed E-state index contributed by atoms with van der Waals surface area (Å²) in [5, 5.41) is 7.83. The van der Waals surface area contributed by atoms with Gasteiger partial charge in [-0.15, -0.1) is 10.2 Å². The molecule has 1 aromatic carbocycles. The van der Waals surface area contributed by atoms with E-state index in [9.17, 15) is 4.39 Å². The Balaban J connectivity index is 2.37. The van der Waals surface area contributed by atoms with Gasteiger partial charge in [-0.3, -0.25) is 0 Å². The number of aromatic nitrogens is 2. The molecular weight excluding hydrogens is 241 g/mol. The molecule has 0 saturated heterocycles. The molecule has 1 aromatic heterocycles. The number of hydrogen-bond acceptors (Lipinski definition) is 5. The molecule has 0 fully saturated rings. The Bertz CT molecular complexity index is 527. The van der Waals surface area contributed by atoms with Gasteiger partial charge in [-0.2, -0.15) is 0 Å². The highest BCUT2D eigenvalue weighted by Gasteiger charge is 2.15. The quantitative estimate of drug-likeness (QED) is 0.911. The van der Waals surface area contributed by atoms with Gasteiger partial charge in [0.2, 0.25) is 5.89 Å². The van der Waals surface area contributed by atoms with Crippen LogP contribution in [0.4, 0.5) is 4.39 Å². The summed E-state index contributed by atoms with van der Waals surface area (Å²) in [5.41, 5.74) is 6.52. The molecule has 1 atom stereocenters. The van der Waals surface area contributed by atoms with Crippen molar-refractivity contribution in [3.05, 3.63) is 35.5 Å². The molecule has 17 heavy (non-hydrogen) atoms. The van der Waals surface area contributed by atoms with Crippen LogP contribution in [0, 0.1) is 12.7 Å². The van der Waals surface area contributed by atoms with Crippen LogP contribution in [0.15, 0.2) is 32.7 Å². The van der Waals surface area contributed by atoms with E-state index in [1.54, 1.807) is 26.0 Å². The first-order valence-corrected chi connectivity index (χ1v) is 5.91. The Morgan fingerprint density at radius 3 is 2.76 bits per heavy atom. The van der Waals surface area contributed by atoms with Gasteiger partial charge in [0.15, 0.2) is 0 Å². The van der Waals surface area contributed by atoms with E-state index in [2.05, 4.69) is 10.2 Å². The van der Waals surface area contributed by atoms with Gasteiger partial charge >= 0.3 is 0 Å². The molecule has 0 aliphatic carbocycles. The predicted molar refractivity (Wildman–Crippen MR) is 62.2 cm³/mol. The second-order valence-corrected chi connectivity index (χ2v) is 4.60. The number of halogens is 1. The largest absolute Gasteiger partial charge is 0.416 e. The third-order valence-corrected chi connectivity index (χ3v) is 3.16. The van der Waals surface area contributed by atoms with Gasteiger partial charge in [-0.25, -0.2) is 4.39 Å². The van der Waals surface area contributed by atoms with Crippen molar-refractivity contribution in [2.45, 2.75) is 30.0 Å². The van der Waals surface area contributed by atoms with Crippen LogP contribution in [0.3, 0.4) is 0 Å². The average molecular weight is 253 g/mol. The smallest absolute Gasteiger partial charge is 0.281 e. The molecule has 0 aliphatic heterocycles. The topological polar surface area (TPSA) is 64.9 Å². The van der Waals surface area contributed by atoms with Crippen molar-refractivity contribution < 1.29 is 8.81 Å². The van der Waals surface area contributed by atoms with E-state index < -0.39 is 0 Å². The van der Waals surface area contributed by atoms with E-state index in [0.29, 0.717) is 16.0 Å². The number of nitrogens with two attached hydrogens (primary N) is 1. The lowest BCUT2D eigenvalue weighted by Gasteiger charge is -2.11. The first kappa shape index (κ1) is 12.1. The average Bonchev–Trinajstić information content (AvgIpc) is 2.67. The summed E-state index contributed by atoms with van der Waals surface area (Å²) in [6.45, 7) is 3.49. The standard InChI is InChI=1S/C11H12FN3OS/c1-6(13)8-4-3-5-9(12)10(8)17-11-15-14-7(2)16-11/h3-6H,13H2,1-2H3/t6-/m1/s1. The Hall–Kier alpha value is -1.40. The molecule has 2 rings (SSSR count). The molecule has 0 spiro atoms. The maximum Gasteiger partial charge on any atom is 0.281 e. The number of nitrogens with zero attached hydrogens (tertiary/aromatic N) is 2. The Morgan fingerprint density at radius 2 is 2.18 bits per heavy atom. The number of hydrogen-bond donors (Lipinski definition) is 1. The third kappa shape index (κ3) is 2.65. The number of rotatable bonds is 3. The van der Waals surface area contributed by atoms with Crippen LogP contribution in [0.5, 0.6) is 0 Å². The summed E-state index contributed by atoms with van der Waals surface area (Å²) < 4.78 is 18.9. The SMILES string of the molecule is Cc1nnc(Sc2c(F)cccc2[C@@H](C)N)o1. The molecule has 0 radical (unpaired) electrons. The van der Waals surface area contributed by atoms with Crippen molar-refractivity contribution in [2.75, 3.05) is 0 Å². The van der Waals surface area contributed by atoms with Crippen LogP contribution >= 0.6 is 11.8 Å². The summed E-state index contributed by atoms with van der Waals surface area (Å²) in [5.74, 6) is 0.117. The zero-order valence-electron chi connectivity index (χ0n) is 9.48. The van der Waals surface area contributed by atoms with Gasteiger partial charge in [0.25, 0.3) is 5.22 Å². The van der Waals surface area contributed by atoms with Crippen molar-refractivity contribution in [3.8, 4) is 0 Å². The van der Waals surface area contributed by atoms with E-state index in [1.807, 2.05) is 0 Å². The van der Waals surface area contributed by atoms with Gasteiger partial charge in [0.1, 0.15) is 5.82 Å². The van der Waals surface area contributed by atoms with Gasteiger partial charge in [0.05, 0.1) is 4.90 Å². The normalized spacial score (nSPS) is 12.7. The van der Waals surface area contributed by atoms with Crippen molar-refractivity contribution in [1.82, 2.24) is 10.2 Å². The first-order valence-electron chi connectivity index (χ1n) is 5.10. The summed E-state index contributed by atoms with van der Waals surface area (Å²) in [6.07, 6.45) is 0. The highest BCUT2D eigenvalue weighted by molar-refractivity contribution is 7.99. The molecular formula is C11H12FN3OS. The number of benzene rings is 1. The summed E-state index contributed by atoms with van der Waals surface area (Å²) >= 11 is 1.09. The lowest BCUT2D eigenvalue weighted by Crippen LogP contribution is -2.07. The Morgan fingerprint density at radius 1 is 1.41 bits per heavy atom. The fraction of sp³-hybridized carbons (Fsp3) is 0.273. The van der Waals surface area contributed by atoms with Crippen LogP contribution in [0.25, 0.3) is 0 Å². The van der Waals surface area contributed by atoms with E-state index in [4.69, 9.17) is 10.2 Å². The molecule has 0 amide bonds. The van der Waals surface area contributed by atoms with Crippen molar-refractivity contribution >= 4 is 11.8 Å². The maximum atomic E-state index is 13.7. The van der Waals surface area contributed by atoms with Crippen molar-refractivity contribution in [1.29, 1.82) is 0 Å². The van der Waals surface area contributed by atoms with Crippen LogP contribution in [0.2, 0.25) is 0 Å². The van der Waals surface area contributed by atoms with Gasteiger partial charge in [-0.05, 0) is 30.3 Å². The highest BCUT2D eigenvalue weighted by Crippen LogP contribution is 2.33. The molecule has 0 saturated carbocycles. The summed E-state index contributed by atoms with van der Waals surface area (Å²) in [4.78, 5) is 0.436. The lowest BCUT2D eigenvalue weighted by atomic mass is 10.1. The Labute approximate surface area is 102 Å². The second-order valence-electron chi connectivity index (χ2n) is 3.64. The van der Waals surface area contributed by atoms with Gasteiger partial charge in [-0.1, -0.05) is 12.1 Å². The zero-order valence-corrected chi connectivity index (χ0v) is 10.3. The van der Waals surface area contributed by atoms with E-state index in [-0.39, 0.29) is 11.9 Å². The van der Waals surface area contributed by atoms with Crippen LogP contribution in [-0.2, 0) is 0 Å². The van der Waals surface area contributed by atoms with Gasteiger partial charge in [0, 0.05) is 13.0 Å². The molecule has 0 aliphatic rings. The zero-order chi connectivity index (χ0) is 12.4. The second kappa shape index (κ2) is 4.85. The monoisotopic (exact) mass is 253 g/mol. The van der Waals surface area contributed by atoms with Crippen molar-refractivity contribution in [2.24, 2.45) is 5.73 Å². The summed E-state index contributed by atoms with van der Waals surface area (Å²) in [6, 6.07) is 4.56. The molecule has 4 nitrogen and oxygen atoms in total. The van der Waals surface area contributed by atoms with Gasteiger partial charge < -0.3 is 10.2 Å². The molecule has 0 bridgehead atoms. The minimum atomic E-state index is -0.333. The minimum absolute atomic E-state index is 0.253. The third-order valence-electron chi connectivity index (χ3n) is 2.18.